The molecule has 0 aliphatic heterocycles. The van der Waals surface area contributed by atoms with Crippen LogP contribution in [-0.2, 0) is 17.7 Å². The van der Waals surface area contributed by atoms with E-state index in [2.05, 4.69) is 97.0 Å². The third-order valence-corrected chi connectivity index (χ3v) is 74.9. The molecule has 4 rings (SSSR count). The van der Waals surface area contributed by atoms with Crippen molar-refractivity contribution in [3.05, 3.63) is 81.9 Å². The van der Waals surface area contributed by atoms with Crippen LogP contribution in [0.3, 0.4) is 0 Å². The normalized spacial score (nSPS) is 20.6. The minimum absolute atomic E-state index is 0. The maximum atomic E-state index is 2.82. The second-order valence-corrected chi connectivity index (χ2v) is 63.2. The summed E-state index contributed by atoms with van der Waals surface area (Å²) in [5.41, 5.74) is 9.47. The Morgan fingerprint density at radius 1 is 0.679 bits per heavy atom. The third kappa shape index (κ3) is 3.19. The molecule has 2 aliphatic rings. The quantitative estimate of drug-likeness (QED) is 0.466. The molecule has 0 saturated carbocycles. The molecular weight excluding hydrogens is 566 g/mol. The van der Waals surface area contributed by atoms with Crippen LogP contribution in [-0.4, -0.2) is 5.98 Å². The summed E-state index contributed by atoms with van der Waals surface area (Å²) in [7, 11) is 0. The first-order valence-electron chi connectivity index (χ1n) is 9.98. The average molecular weight is 597 g/mol. The molecule has 0 spiro atoms. The van der Waals surface area contributed by atoms with Gasteiger partial charge < -0.3 is 24.8 Å². The van der Waals surface area contributed by atoms with E-state index in [-0.39, 0.29) is 24.8 Å². The molecule has 2 unspecified atom stereocenters. The summed E-state index contributed by atoms with van der Waals surface area (Å²) >= 11 is -3.39. The molecule has 0 nitrogen and oxygen atoms in total. The van der Waals surface area contributed by atoms with Crippen molar-refractivity contribution >= 4 is 18.1 Å². The Labute approximate surface area is 185 Å². The summed E-state index contributed by atoms with van der Waals surface area (Å²) in [6.07, 6.45) is 4.97. The van der Waals surface area contributed by atoms with E-state index in [0.29, 0.717) is 7.35 Å². The zero-order valence-corrected chi connectivity index (χ0v) is 24.0. The molecule has 2 aliphatic carbocycles. The fourth-order valence-corrected chi connectivity index (χ4v) is 50.2. The molecule has 0 N–H and O–H groups in total. The van der Waals surface area contributed by atoms with Crippen LogP contribution in [0.25, 0.3) is 12.2 Å². The Kier molecular flexibility index (Phi) is 6.83. The van der Waals surface area contributed by atoms with Gasteiger partial charge in [-0.15, -0.1) is 0 Å². The van der Waals surface area contributed by atoms with E-state index in [1.807, 2.05) is 0 Å². The molecule has 0 saturated heterocycles. The molecule has 0 fully saturated rings. The summed E-state index contributed by atoms with van der Waals surface area (Å²) in [4.78, 5) is 0. The zero-order chi connectivity index (χ0) is 18.7. The molecule has 0 bridgehead atoms. The second-order valence-electron chi connectivity index (χ2n) is 9.79. The van der Waals surface area contributed by atoms with Gasteiger partial charge in [0.05, 0.1) is 0 Å². The molecule has 2 atom stereocenters. The second kappa shape index (κ2) is 8.02. The first-order valence-corrected chi connectivity index (χ1v) is 30.4. The molecule has 0 amide bonds. The monoisotopic (exact) mass is 597 g/mol. The minimum Gasteiger partial charge on any atom is -1.00 e. The molecule has 149 valence electrons. The van der Waals surface area contributed by atoms with Crippen LogP contribution in [0.4, 0.5) is 0 Å². The Morgan fingerprint density at radius 2 is 1.04 bits per heavy atom. The van der Waals surface area contributed by atoms with Crippen LogP contribution in [0.5, 0.6) is 0 Å². The van der Waals surface area contributed by atoms with Crippen LogP contribution >= 0.6 is 0 Å². The van der Waals surface area contributed by atoms with Crippen LogP contribution in [0.15, 0.2) is 59.7 Å². The van der Waals surface area contributed by atoms with Crippen LogP contribution < -0.4 is 24.8 Å². The molecule has 0 heterocycles. The van der Waals surface area contributed by atoms with Gasteiger partial charge in [0, 0.05) is 0 Å². The maximum absolute atomic E-state index is 3.39. The summed E-state index contributed by atoms with van der Waals surface area (Å²) in [5.74, 6) is -0.879. The fraction of sp³-hybridized carbons (Fsp3) is 0.333. The topological polar surface area (TPSA) is 0 Å². The Bertz CT molecular complexity index is 887. The molecular formula is C24H31Cl2HfSi. The van der Waals surface area contributed by atoms with Crippen molar-refractivity contribution in [3.63, 3.8) is 0 Å². The van der Waals surface area contributed by atoms with E-state index in [0.717, 1.165) is 0 Å². The number of benzene rings is 2. The molecule has 4 heteroatoms. The molecule has 0 radical (unpaired) electrons. The average Bonchev–Trinajstić information content (AvgIpc) is 3.10. The molecule has 0 aromatic heterocycles. The molecule has 28 heavy (non-hydrogen) atoms. The third-order valence-electron chi connectivity index (χ3n) is 7.93. The summed E-state index contributed by atoms with van der Waals surface area (Å²) in [5, 5.41) is 0. The van der Waals surface area contributed by atoms with Crippen LogP contribution in [0, 0.1) is 0 Å². The van der Waals surface area contributed by atoms with Gasteiger partial charge in [-0.3, -0.25) is 0 Å². The van der Waals surface area contributed by atoms with Gasteiger partial charge >= 0.3 is 161 Å². The largest absolute Gasteiger partial charge is 1.00 e. The smallest absolute Gasteiger partial charge is 1.00 e. The van der Waals surface area contributed by atoms with Gasteiger partial charge in [-0.1, -0.05) is 0 Å². The molecule has 2 aromatic rings. The van der Waals surface area contributed by atoms with E-state index in [9.17, 15) is 0 Å². The van der Waals surface area contributed by atoms with Crippen molar-refractivity contribution in [1.82, 2.24) is 0 Å². The zero-order valence-electron chi connectivity index (χ0n) is 17.8. The SMILES string of the molecule is CC1=Cc2ccccc2[CH]1[Hf+2]([CH3])([CH3])([CH]1C(C)=Cc2ccccc21)[SiH](C)C.[Cl-].[Cl-]. The number of rotatable bonds is 3. The number of hydrogen-bond acceptors (Lipinski definition) is 0. The van der Waals surface area contributed by atoms with Gasteiger partial charge in [0.2, 0.25) is 0 Å². The fourth-order valence-electron chi connectivity index (χ4n) is 6.21. The van der Waals surface area contributed by atoms with Crippen molar-refractivity contribution in [2.75, 3.05) is 0 Å². The Morgan fingerprint density at radius 3 is 1.39 bits per heavy atom. The number of hydrogen-bond donors (Lipinski definition) is 0. The van der Waals surface area contributed by atoms with Gasteiger partial charge in [0.15, 0.2) is 0 Å². The van der Waals surface area contributed by atoms with Gasteiger partial charge in [0.25, 0.3) is 0 Å². The predicted molar refractivity (Wildman–Crippen MR) is 116 cm³/mol. The maximum Gasteiger partial charge on any atom is -1.00 e. The Hall–Kier alpha value is -0.413. The van der Waals surface area contributed by atoms with Gasteiger partial charge in [-0.25, -0.2) is 0 Å². The van der Waals surface area contributed by atoms with Crippen LogP contribution in [0.2, 0.25) is 22.5 Å². The Balaban J connectivity index is 0.00000140. The summed E-state index contributed by atoms with van der Waals surface area (Å²) < 4.78 is 7.05. The van der Waals surface area contributed by atoms with E-state index >= 15 is 0 Å². The van der Waals surface area contributed by atoms with Crippen molar-refractivity contribution < 1.29 is 42.5 Å². The van der Waals surface area contributed by atoms with Crippen molar-refractivity contribution in [2.45, 2.75) is 43.7 Å². The summed E-state index contributed by atoms with van der Waals surface area (Å²) in [6, 6.07) is 18.4. The minimum atomic E-state index is -3.39. The van der Waals surface area contributed by atoms with E-state index in [4.69, 9.17) is 0 Å². The number of fused-ring (bicyclic) bond motifs is 2. The first kappa shape index (κ1) is 23.9. The number of allylic oxidation sites excluding steroid dienone is 2. The van der Waals surface area contributed by atoms with E-state index in [1.165, 1.54) is 11.1 Å². The van der Waals surface area contributed by atoms with Gasteiger partial charge in [-0.2, -0.15) is 0 Å². The summed E-state index contributed by atoms with van der Waals surface area (Å²) in [6.45, 7) is 10.1. The van der Waals surface area contributed by atoms with Gasteiger partial charge in [0.1, 0.15) is 0 Å². The standard InChI is InChI=1S/2C10H9.C2H7Si.2CH3.2ClH.Hf/c2*1-8-6-9-4-2-3-5-10(9)7-8;1-3-2;;;;;/h2*2-7H,1H3;3H,1-2H3;2*1H3;2*1H;/q;;;;;;;+2/p-2. The predicted octanol–water partition coefficient (Wildman–Crippen LogP) is 1.08. The van der Waals surface area contributed by atoms with Crippen LogP contribution in [0.1, 0.15) is 43.5 Å². The first-order chi connectivity index (χ1) is 12.2. The van der Waals surface area contributed by atoms with Crippen molar-refractivity contribution in [1.29, 1.82) is 0 Å². The molecule has 2 aromatic carbocycles. The number of halogens is 2. The van der Waals surface area contributed by atoms with Crippen molar-refractivity contribution in [3.8, 4) is 0 Å². The van der Waals surface area contributed by atoms with E-state index in [1.54, 1.807) is 22.3 Å². The van der Waals surface area contributed by atoms with Crippen molar-refractivity contribution in [2.24, 2.45) is 0 Å². The van der Waals surface area contributed by atoms with Gasteiger partial charge in [-0.05, 0) is 0 Å². The van der Waals surface area contributed by atoms with E-state index < -0.39 is 23.7 Å².